The van der Waals surface area contributed by atoms with Gasteiger partial charge in [0.05, 0.1) is 11.6 Å². The molecule has 1 heterocycles. The van der Waals surface area contributed by atoms with Crippen LogP contribution in [0, 0.1) is 5.92 Å². The maximum atomic E-state index is 12.4. The molecule has 2 unspecified atom stereocenters. The fourth-order valence-electron chi connectivity index (χ4n) is 2.35. The molecule has 0 bridgehead atoms. The number of anilines is 1. The van der Waals surface area contributed by atoms with Crippen molar-refractivity contribution in [1.29, 1.82) is 0 Å². The Morgan fingerprint density at radius 3 is 2.50 bits per heavy atom. The van der Waals surface area contributed by atoms with Gasteiger partial charge >= 0.3 is 0 Å². The van der Waals surface area contributed by atoms with Crippen molar-refractivity contribution in [2.75, 3.05) is 11.2 Å². The van der Waals surface area contributed by atoms with E-state index in [1.807, 2.05) is 42.5 Å². The predicted molar refractivity (Wildman–Crippen MR) is 84.3 cm³/mol. The third kappa shape index (κ3) is 2.56. The summed E-state index contributed by atoms with van der Waals surface area (Å²) < 4.78 is 0. The first-order valence-electron chi connectivity index (χ1n) is 6.47. The van der Waals surface area contributed by atoms with Gasteiger partial charge in [0.15, 0.2) is 0 Å². The van der Waals surface area contributed by atoms with Crippen molar-refractivity contribution < 1.29 is 4.79 Å². The lowest BCUT2D eigenvalue weighted by atomic mass is 9.99. The second-order valence-corrected chi connectivity index (χ2v) is 6.19. The van der Waals surface area contributed by atoms with E-state index in [1.54, 1.807) is 11.8 Å². The molecule has 1 amide bonds. The second kappa shape index (κ2) is 5.90. The fraction of sp³-hybridized carbons (Fsp3) is 0.188. The molecule has 2 nitrogen and oxygen atoms in total. The number of halogens is 1. The van der Waals surface area contributed by atoms with Crippen LogP contribution in [0.25, 0.3) is 0 Å². The molecule has 0 radical (unpaired) electrons. The number of carbonyl (C=O) groups excluding carboxylic acids is 1. The number of carbonyl (C=O) groups is 1. The monoisotopic (exact) mass is 303 g/mol. The van der Waals surface area contributed by atoms with Gasteiger partial charge in [-0.3, -0.25) is 4.79 Å². The maximum absolute atomic E-state index is 12.4. The lowest BCUT2D eigenvalue weighted by molar-refractivity contribution is -0.119. The summed E-state index contributed by atoms with van der Waals surface area (Å²) in [6.07, 6.45) is 0. The molecule has 2 atom stereocenters. The Morgan fingerprint density at radius 1 is 1.05 bits per heavy atom. The lowest BCUT2D eigenvalue weighted by Gasteiger charge is -2.21. The standard InChI is InChI=1S/C16H14ClNOS/c17-10-12-15(11-6-2-1-3-7-11)20-14-9-5-4-8-13(14)18-16(12)19/h1-9,12,15H,10H2,(H,18,19). The highest BCUT2D eigenvalue weighted by Crippen LogP contribution is 2.46. The van der Waals surface area contributed by atoms with Crippen LogP contribution in [0.3, 0.4) is 0 Å². The minimum atomic E-state index is -0.239. The van der Waals surface area contributed by atoms with Crippen molar-refractivity contribution in [3.05, 3.63) is 60.2 Å². The molecule has 20 heavy (non-hydrogen) atoms. The van der Waals surface area contributed by atoms with E-state index >= 15 is 0 Å². The van der Waals surface area contributed by atoms with E-state index in [4.69, 9.17) is 11.6 Å². The first-order valence-corrected chi connectivity index (χ1v) is 7.88. The number of thioether (sulfide) groups is 1. The predicted octanol–water partition coefficient (Wildman–Crippen LogP) is 4.33. The van der Waals surface area contributed by atoms with Gasteiger partial charge < -0.3 is 5.32 Å². The molecule has 0 aromatic heterocycles. The van der Waals surface area contributed by atoms with Crippen molar-refractivity contribution in [3.8, 4) is 0 Å². The van der Waals surface area contributed by atoms with Crippen LogP contribution < -0.4 is 5.32 Å². The van der Waals surface area contributed by atoms with Crippen LogP contribution in [0.1, 0.15) is 10.8 Å². The smallest absolute Gasteiger partial charge is 0.230 e. The molecule has 2 aromatic rings. The summed E-state index contributed by atoms with van der Waals surface area (Å²) >= 11 is 7.76. The molecule has 102 valence electrons. The molecule has 4 heteroatoms. The summed E-state index contributed by atoms with van der Waals surface area (Å²) in [5, 5.41) is 3.02. The summed E-state index contributed by atoms with van der Waals surface area (Å²) in [4.78, 5) is 13.5. The quantitative estimate of drug-likeness (QED) is 0.837. The maximum Gasteiger partial charge on any atom is 0.230 e. The van der Waals surface area contributed by atoms with Gasteiger partial charge in [0.25, 0.3) is 0 Å². The topological polar surface area (TPSA) is 29.1 Å². The Balaban J connectivity index is 2.05. The Labute approximate surface area is 127 Å². The zero-order valence-corrected chi connectivity index (χ0v) is 12.3. The van der Waals surface area contributed by atoms with Gasteiger partial charge in [-0.15, -0.1) is 23.4 Å². The van der Waals surface area contributed by atoms with E-state index in [2.05, 4.69) is 17.4 Å². The van der Waals surface area contributed by atoms with E-state index < -0.39 is 0 Å². The van der Waals surface area contributed by atoms with Crippen molar-refractivity contribution in [2.45, 2.75) is 10.1 Å². The molecule has 3 rings (SSSR count). The number of nitrogens with one attached hydrogen (secondary N) is 1. The number of benzene rings is 2. The first-order chi connectivity index (χ1) is 9.79. The van der Waals surface area contributed by atoms with Gasteiger partial charge in [-0.25, -0.2) is 0 Å². The summed E-state index contributed by atoms with van der Waals surface area (Å²) in [5.74, 6) is 0.0645. The zero-order valence-electron chi connectivity index (χ0n) is 10.8. The summed E-state index contributed by atoms with van der Waals surface area (Å²) in [5.41, 5.74) is 2.01. The van der Waals surface area contributed by atoms with Crippen molar-refractivity contribution in [1.82, 2.24) is 0 Å². The summed E-state index contributed by atoms with van der Waals surface area (Å²) in [6, 6.07) is 18.0. The van der Waals surface area contributed by atoms with Gasteiger partial charge in [-0.05, 0) is 17.7 Å². The SMILES string of the molecule is O=C1Nc2ccccc2SC(c2ccccc2)C1CCl. The van der Waals surface area contributed by atoms with Crippen LogP contribution in [-0.4, -0.2) is 11.8 Å². The molecule has 0 saturated carbocycles. The Bertz CT molecular complexity index is 617. The highest BCUT2D eigenvalue weighted by Gasteiger charge is 2.33. The molecule has 0 spiro atoms. The number of alkyl halides is 1. The fourth-order valence-corrected chi connectivity index (χ4v) is 4.13. The molecule has 1 aliphatic rings. The Kier molecular flexibility index (Phi) is 3.99. The number of hydrogen-bond acceptors (Lipinski definition) is 2. The Morgan fingerprint density at radius 2 is 1.75 bits per heavy atom. The van der Waals surface area contributed by atoms with Crippen LogP contribution in [0.5, 0.6) is 0 Å². The number of amides is 1. The van der Waals surface area contributed by atoms with Gasteiger partial charge in [0, 0.05) is 16.0 Å². The number of para-hydroxylation sites is 1. The normalized spacial score (nSPS) is 21.8. The minimum Gasteiger partial charge on any atom is -0.325 e. The van der Waals surface area contributed by atoms with Gasteiger partial charge in [0.2, 0.25) is 5.91 Å². The third-order valence-electron chi connectivity index (χ3n) is 3.40. The molecule has 0 saturated heterocycles. The number of rotatable bonds is 2. The van der Waals surface area contributed by atoms with Crippen LogP contribution in [0.4, 0.5) is 5.69 Å². The van der Waals surface area contributed by atoms with E-state index in [9.17, 15) is 4.79 Å². The van der Waals surface area contributed by atoms with Gasteiger partial charge in [-0.2, -0.15) is 0 Å². The van der Waals surface area contributed by atoms with E-state index in [1.165, 1.54) is 0 Å². The highest BCUT2D eigenvalue weighted by molar-refractivity contribution is 7.99. The lowest BCUT2D eigenvalue weighted by Crippen LogP contribution is -2.26. The van der Waals surface area contributed by atoms with Gasteiger partial charge in [-0.1, -0.05) is 42.5 Å². The van der Waals surface area contributed by atoms with Crippen LogP contribution in [0.15, 0.2) is 59.5 Å². The largest absolute Gasteiger partial charge is 0.325 e. The first kappa shape index (κ1) is 13.5. The van der Waals surface area contributed by atoms with E-state index in [0.29, 0.717) is 5.88 Å². The summed E-state index contributed by atoms with van der Waals surface area (Å²) in [6.45, 7) is 0. The average Bonchev–Trinajstić information content (AvgIpc) is 2.63. The number of hydrogen-bond donors (Lipinski definition) is 1. The van der Waals surface area contributed by atoms with Gasteiger partial charge in [0.1, 0.15) is 0 Å². The molecular weight excluding hydrogens is 290 g/mol. The highest BCUT2D eigenvalue weighted by atomic mass is 35.5. The zero-order chi connectivity index (χ0) is 13.9. The van der Waals surface area contributed by atoms with Crippen molar-refractivity contribution in [2.24, 2.45) is 5.92 Å². The van der Waals surface area contributed by atoms with E-state index in [-0.39, 0.29) is 17.1 Å². The number of fused-ring (bicyclic) bond motifs is 1. The Hall–Kier alpha value is -1.45. The minimum absolute atomic E-state index is 0.00805. The molecule has 1 N–H and O–H groups in total. The van der Waals surface area contributed by atoms with Crippen LogP contribution >= 0.6 is 23.4 Å². The van der Waals surface area contributed by atoms with Crippen LogP contribution in [-0.2, 0) is 4.79 Å². The molecule has 0 aliphatic carbocycles. The molecule has 2 aromatic carbocycles. The van der Waals surface area contributed by atoms with E-state index in [0.717, 1.165) is 16.1 Å². The van der Waals surface area contributed by atoms with Crippen molar-refractivity contribution >= 4 is 35.0 Å². The van der Waals surface area contributed by atoms with Crippen LogP contribution in [0.2, 0.25) is 0 Å². The average molecular weight is 304 g/mol. The third-order valence-corrected chi connectivity index (χ3v) is 5.19. The van der Waals surface area contributed by atoms with Crippen molar-refractivity contribution in [3.63, 3.8) is 0 Å². The molecular formula is C16H14ClNOS. The second-order valence-electron chi connectivity index (χ2n) is 4.70. The molecule has 1 aliphatic heterocycles. The molecule has 0 fully saturated rings. The summed E-state index contributed by atoms with van der Waals surface area (Å²) in [7, 11) is 0.